The van der Waals surface area contributed by atoms with Crippen LogP contribution in [0.25, 0.3) is 0 Å². The number of benzene rings is 1. The lowest BCUT2D eigenvalue weighted by Gasteiger charge is -2.42. The van der Waals surface area contributed by atoms with E-state index in [9.17, 15) is 4.79 Å². The first-order valence-corrected chi connectivity index (χ1v) is 9.08. The summed E-state index contributed by atoms with van der Waals surface area (Å²) in [5.41, 5.74) is 1.01. The second-order valence-electron chi connectivity index (χ2n) is 6.72. The Kier molecular flexibility index (Phi) is 5.91. The van der Waals surface area contributed by atoms with Gasteiger partial charge in [-0.2, -0.15) is 0 Å². The van der Waals surface area contributed by atoms with E-state index in [4.69, 9.17) is 37.4 Å². The first-order chi connectivity index (χ1) is 12.0. The highest BCUT2D eigenvalue weighted by molar-refractivity contribution is 6.42. The highest BCUT2D eigenvalue weighted by atomic mass is 35.5. The molecule has 25 heavy (non-hydrogen) atoms. The molecule has 2 aliphatic rings. The molecule has 2 bridgehead atoms. The lowest BCUT2D eigenvalue weighted by molar-refractivity contribution is -0.154. The van der Waals surface area contributed by atoms with E-state index in [1.165, 1.54) is 7.11 Å². The lowest BCUT2D eigenvalue weighted by atomic mass is 9.76. The minimum Gasteiger partial charge on any atom is -0.469 e. The van der Waals surface area contributed by atoms with Crippen molar-refractivity contribution in [1.82, 2.24) is 4.90 Å². The Hall–Kier alpha value is -0.850. The van der Waals surface area contributed by atoms with E-state index >= 15 is 0 Å². The van der Waals surface area contributed by atoms with Crippen molar-refractivity contribution < 1.29 is 19.0 Å². The van der Waals surface area contributed by atoms with Crippen LogP contribution < -0.4 is 0 Å². The van der Waals surface area contributed by atoms with Crippen molar-refractivity contribution in [2.24, 2.45) is 5.92 Å². The van der Waals surface area contributed by atoms with Crippen molar-refractivity contribution in [3.63, 3.8) is 0 Å². The number of halogens is 2. The van der Waals surface area contributed by atoms with Crippen LogP contribution in [0.15, 0.2) is 18.2 Å². The lowest BCUT2D eigenvalue weighted by Crippen LogP contribution is -2.52. The molecule has 1 aromatic carbocycles. The number of carbonyl (C=O) groups excluding carboxylic acids is 1. The van der Waals surface area contributed by atoms with E-state index in [2.05, 4.69) is 4.90 Å². The molecular formula is C18H23Cl2NO4. The number of esters is 1. The molecule has 0 aliphatic carbocycles. The van der Waals surface area contributed by atoms with Crippen LogP contribution in [-0.4, -0.2) is 57.1 Å². The Morgan fingerprint density at radius 2 is 2.00 bits per heavy atom. The Labute approximate surface area is 158 Å². The van der Waals surface area contributed by atoms with Gasteiger partial charge in [-0.3, -0.25) is 9.69 Å². The normalized spacial score (nSPS) is 32.0. The van der Waals surface area contributed by atoms with Crippen LogP contribution in [0.3, 0.4) is 0 Å². The van der Waals surface area contributed by atoms with Gasteiger partial charge in [0.25, 0.3) is 0 Å². The Balaban J connectivity index is 1.96. The van der Waals surface area contributed by atoms with Crippen LogP contribution in [-0.2, 0) is 19.0 Å². The van der Waals surface area contributed by atoms with Crippen LogP contribution in [0.4, 0.5) is 0 Å². The van der Waals surface area contributed by atoms with E-state index in [1.807, 2.05) is 19.2 Å². The summed E-state index contributed by atoms with van der Waals surface area (Å²) in [6, 6.07) is 5.88. The molecule has 1 aromatic rings. The summed E-state index contributed by atoms with van der Waals surface area (Å²) < 4.78 is 16.1. The molecule has 5 nitrogen and oxygen atoms in total. The molecule has 0 saturated carbocycles. The molecule has 2 heterocycles. The maximum absolute atomic E-state index is 12.7. The summed E-state index contributed by atoms with van der Waals surface area (Å²) in [5, 5.41) is 1.01. The molecule has 2 saturated heterocycles. The van der Waals surface area contributed by atoms with Gasteiger partial charge in [-0.15, -0.1) is 0 Å². The average molecular weight is 388 g/mol. The highest BCUT2D eigenvalue weighted by Gasteiger charge is 2.54. The summed E-state index contributed by atoms with van der Waals surface area (Å²) >= 11 is 12.3. The zero-order chi connectivity index (χ0) is 18.1. The third kappa shape index (κ3) is 3.53. The van der Waals surface area contributed by atoms with Crippen LogP contribution in [0, 0.1) is 5.92 Å². The monoisotopic (exact) mass is 387 g/mol. The third-order valence-electron chi connectivity index (χ3n) is 5.50. The third-order valence-corrected chi connectivity index (χ3v) is 6.24. The van der Waals surface area contributed by atoms with Crippen LogP contribution in [0.1, 0.15) is 24.3 Å². The van der Waals surface area contributed by atoms with Crippen molar-refractivity contribution in [3.05, 3.63) is 33.8 Å². The number of fused-ring (bicyclic) bond motifs is 2. The quantitative estimate of drug-likeness (QED) is 0.572. The molecule has 0 unspecified atom stereocenters. The number of hydrogen-bond donors (Lipinski definition) is 0. The second-order valence-corrected chi connectivity index (χ2v) is 7.54. The number of hydrogen-bond acceptors (Lipinski definition) is 5. The van der Waals surface area contributed by atoms with E-state index < -0.39 is 0 Å². The Bertz CT molecular complexity index is 642. The molecular weight excluding hydrogens is 365 g/mol. The van der Waals surface area contributed by atoms with Gasteiger partial charge < -0.3 is 14.2 Å². The van der Waals surface area contributed by atoms with Crippen LogP contribution in [0.5, 0.6) is 0 Å². The molecule has 0 radical (unpaired) electrons. The minimum atomic E-state index is -0.326. The van der Waals surface area contributed by atoms with Gasteiger partial charge in [0.2, 0.25) is 0 Å². The van der Waals surface area contributed by atoms with Crippen LogP contribution >= 0.6 is 23.2 Å². The number of piperidine rings is 1. The fourth-order valence-corrected chi connectivity index (χ4v) is 4.66. The smallest absolute Gasteiger partial charge is 0.310 e. The van der Waals surface area contributed by atoms with Gasteiger partial charge in [0, 0.05) is 25.1 Å². The van der Waals surface area contributed by atoms with Gasteiger partial charge in [0.1, 0.15) is 6.79 Å². The summed E-state index contributed by atoms with van der Waals surface area (Å²) in [5.74, 6) is -0.531. The average Bonchev–Trinajstić information content (AvgIpc) is 2.80. The molecule has 0 spiro atoms. The van der Waals surface area contributed by atoms with Crippen LogP contribution in [0.2, 0.25) is 10.0 Å². The standard InChI is InChI=1S/C18H23Cl2NO4/c1-21-11-7-12(10-4-5-13(19)14(20)6-10)16(18(22)24-3)17(21)15(8-11)25-9-23-2/h4-6,11-12,15-17H,7-9H2,1-3H3/t11-,12+,15-,16+,17-/m0/s1. The second kappa shape index (κ2) is 7.80. The zero-order valence-corrected chi connectivity index (χ0v) is 16.1. The fourth-order valence-electron chi connectivity index (χ4n) is 4.35. The van der Waals surface area contributed by atoms with Gasteiger partial charge in [-0.25, -0.2) is 0 Å². The van der Waals surface area contributed by atoms with E-state index in [0.29, 0.717) is 16.1 Å². The summed E-state index contributed by atoms with van der Waals surface area (Å²) in [4.78, 5) is 14.9. The number of nitrogens with zero attached hydrogens (tertiary/aromatic N) is 1. The van der Waals surface area contributed by atoms with Crippen molar-refractivity contribution >= 4 is 29.2 Å². The Morgan fingerprint density at radius 3 is 2.64 bits per heavy atom. The molecule has 0 aromatic heterocycles. The topological polar surface area (TPSA) is 48.0 Å². The minimum absolute atomic E-state index is 0.0181. The van der Waals surface area contributed by atoms with Crippen molar-refractivity contribution in [2.45, 2.75) is 36.9 Å². The first-order valence-electron chi connectivity index (χ1n) is 8.33. The highest BCUT2D eigenvalue weighted by Crippen LogP contribution is 2.48. The zero-order valence-electron chi connectivity index (χ0n) is 14.6. The molecule has 7 heteroatoms. The molecule has 5 atom stereocenters. The molecule has 0 amide bonds. The van der Waals surface area contributed by atoms with Gasteiger partial charge >= 0.3 is 5.97 Å². The SMILES string of the molecule is COCO[C@H]1C[C@@H]2C[C@H](c3ccc(Cl)c(Cl)c3)[C@@H](C(=O)OC)[C@H]1N2C. The van der Waals surface area contributed by atoms with Gasteiger partial charge in [0.05, 0.1) is 29.2 Å². The number of likely N-dealkylation sites (N-methyl/N-ethyl adjacent to an activating group) is 1. The molecule has 0 N–H and O–H groups in total. The first kappa shape index (κ1) is 18.9. The van der Waals surface area contributed by atoms with E-state index in [-0.39, 0.29) is 36.7 Å². The van der Waals surface area contributed by atoms with Gasteiger partial charge in [0.15, 0.2) is 0 Å². The summed E-state index contributed by atoms with van der Waals surface area (Å²) in [6.45, 7) is 0.215. The van der Waals surface area contributed by atoms with E-state index in [0.717, 1.165) is 18.4 Å². The van der Waals surface area contributed by atoms with Crippen molar-refractivity contribution in [2.75, 3.05) is 28.1 Å². The van der Waals surface area contributed by atoms with Gasteiger partial charge in [-0.1, -0.05) is 29.3 Å². The summed E-state index contributed by atoms with van der Waals surface area (Å²) in [6.07, 6.45) is 1.65. The maximum atomic E-state index is 12.7. The molecule has 3 rings (SSSR count). The molecule has 138 valence electrons. The largest absolute Gasteiger partial charge is 0.469 e. The number of rotatable bonds is 5. The fraction of sp³-hybridized carbons (Fsp3) is 0.611. The predicted octanol–water partition coefficient (Wildman–Crippen LogP) is 3.33. The maximum Gasteiger partial charge on any atom is 0.310 e. The molecule has 2 aliphatic heterocycles. The van der Waals surface area contributed by atoms with E-state index in [1.54, 1.807) is 13.2 Å². The predicted molar refractivity (Wildman–Crippen MR) is 96.0 cm³/mol. The number of methoxy groups -OCH3 is 2. The molecule has 2 fully saturated rings. The van der Waals surface area contributed by atoms with Gasteiger partial charge in [-0.05, 0) is 37.6 Å². The summed E-state index contributed by atoms with van der Waals surface area (Å²) in [7, 11) is 5.08. The van der Waals surface area contributed by atoms with Crippen molar-refractivity contribution in [1.29, 1.82) is 0 Å². The Morgan fingerprint density at radius 1 is 1.24 bits per heavy atom. The number of ether oxygens (including phenoxy) is 3. The number of carbonyl (C=O) groups is 1. The van der Waals surface area contributed by atoms with Crippen molar-refractivity contribution in [3.8, 4) is 0 Å².